The molecular weight excluding hydrogens is 318 g/mol. The molecule has 1 aromatic carbocycles. The van der Waals surface area contributed by atoms with Crippen LogP contribution in [0.1, 0.15) is 36.0 Å². The number of aryl methyl sites for hydroxylation is 1. The first-order chi connectivity index (χ1) is 9.70. The normalized spacial score (nSPS) is 21.7. The fraction of sp³-hybridized carbons (Fsp3) is 0.467. The summed E-state index contributed by atoms with van der Waals surface area (Å²) in [4.78, 5) is 4.20. The second kappa shape index (κ2) is 6.06. The molecule has 0 radical (unpaired) electrons. The predicted octanol–water partition coefficient (Wildman–Crippen LogP) is 3.22. The minimum absolute atomic E-state index is 0.618. The van der Waals surface area contributed by atoms with Crippen LogP contribution in [-0.2, 0) is 6.42 Å². The van der Waals surface area contributed by atoms with Crippen molar-refractivity contribution in [1.82, 2.24) is 15.5 Å². The Morgan fingerprint density at radius 1 is 1.40 bits per heavy atom. The van der Waals surface area contributed by atoms with Crippen molar-refractivity contribution in [3.05, 3.63) is 46.0 Å². The summed E-state index contributed by atoms with van der Waals surface area (Å²) >= 11 is 3.53. The number of aromatic nitrogens is 2. The minimum atomic E-state index is 0.618. The first kappa shape index (κ1) is 13.8. The molecule has 0 aliphatic heterocycles. The van der Waals surface area contributed by atoms with Gasteiger partial charge in [-0.2, -0.15) is 4.98 Å². The Kier molecular flexibility index (Phi) is 4.17. The maximum absolute atomic E-state index is 4.96. The van der Waals surface area contributed by atoms with Crippen LogP contribution in [0.15, 0.2) is 33.3 Å². The van der Waals surface area contributed by atoms with Crippen LogP contribution in [0.3, 0.4) is 0 Å². The largest absolute Gasteiger partial charge is 0.340 e. The van der Waals surface area contributed by atoms with Gasteiger partial charge in [0.2, 0.25) is 5.89 Å². The fourth-order valence-corrected chi connectivity index (χ4v) is 3.07. The highest BCUT2D eigenvalue weighted by Gasteiger charge is 2.29. The van der Waals surface area contributed by atoms with Gasteiger partial charge in [-0.15, -0.1) is 0 Å². The number of hydrogen-bond acceptors (Lipinski definition) is 4. The van der Waals surface area contributed by atoms with Gasteiger partial charge in [0.1, 0.15) is 0 Å². The van der Waals surface area contributed by atoms with E-state index in [0.29, 0.717) is 17.9 Å². The van der Waals surface area contributed by atoms with Crippen molar-refractivity contribution < 1.29 is 4.52 Å². The molecule has 1 aliphatic rings. The molecule has 0 amide bonds. The standard InChI is InChI=1S/C15H18BrN3O/c1-10-18-15(19-20-10)5-6-17-14-8-12(9-14)11-3-2-4-13(16)7-11/h2-4,7,12,14,17H,5-6,8-9H2,1H3. The third-order valence-corrected chi connectivity index (χ3v) is 4.30. The Morgan fingerprint density at radius 2 is 2.25 bits per heavy atom. The summed E-state index contributed by atoms with van der Waals surface area (Å²) in [6, 6.07) is 9.24. The van der Waals surface area contributed by atoms with Gasteiger partial charge in [-0.25, -0.2) is 0 Å². The van der Waals surface area contributed by atoms with Crippen LogP contribution in [0.5, 0.6) is 0 Å². The van der Waals surface area contributed by atoms with E-state index in [2.05, 4.69) is 55.7 Å². The van der Waals surface area contributed by atoms with Gasteiger partial charge in [-0.05, 0) is 36.5 Å². The summed E-state index contributed by atoms with van der Waals surface area (Å²) in [6.07, 6.45) is 3.25. The van der Waals surface area contributed by atoms with E-state index in [1.165, 1.54) is 22.9 Å². The van der Waals surface area contributed by atoms with Crippen LogP contribution in [0.25, 0.3) is 0 Å². The summed E-state index contributed by atoms with van der Waals surface area (Å²) in [5.41, 5.74) is 1.44. The minimum Gasteiger partial charge on any atom is -0.340 e. The van der Waals surface area contributed by atoms with Crippen LogP contribution >= 0.6 is 15.9 Å². The average molecular weight is 336 g/mol. The number of benzene rings is 1. The number of nitrogens with zero attached hydrogens (tertiary/aromatic N) is 2. The lowest BCUT2D eigenvalue weighted by Gasteiger charge is -2.36. The summed E-state index contributed by atoms with van der Waals surface area (Å²) in [5, 5.41) is 7.46. The lowest BCUT2D eigenvalue weighted by atomic mass is 9.76. The van der Waals surface area contributed by atoms with Crippen LogP contribution in [0.4, 0.5) is 0 Å². The molecule has 0 atom stereocenters. The third-order valence-electron chi connectivity index (χ3n) is 3.81. The molecule has 20 heavy (non-hydrogen) atoms. The van der Waals surface area contributed by atoms with E-state index in [9.17, 15) is 0 Å². The zero-order valence-electron chi connectivity index (χ0n) is 11.5. The monoisotopic (exact) mass is 335 g/mol. The molecule has 3 rings (SSSR count). The Bertz CT molecular complexity index is 578. The van der Waals surface area contributed by atoms with Gasteiger partial charge in [-0.1, -0.05) is 33.2 Å². The highest BCUT2D eigenvalue weighted by atomic mass is 79.9. The summed E-state index contributed by atoms with van der Waals surface area (Å²) in [5.74, 6) is 2.12. The SMILES string of the molecule is Cc1nc(CCNC2CC(c3cccc(Br)c3)C2)no1. The van der Waals surface area contributed by atoms with E-state index >= 15 is 0 Å². The molecule has 1 N–H and O–H groups in total. The highest BCUT2D eigenvalue weighted by molar-refractivity contribution is 9.10. The second-order valence-corrected chi connectivity index (χ2v) is 6.27. The van der Waals surface area contributed by atoms with Crippen LogP contribution < -0.4 is 5.32 Å². The molecule has 2 aromatic rings. The number of halogens is 1. The molecule has 1 saturated carbocycles. The van der Waals surface area contributed by atoms with Crippen molar-refractivity contribution >= 4 is 15.9 Å². The second-order valence-electron chi connectivity index (χ2n) is 5.35. The van der Waals surface area contributed by atoms with Crippen molar-refractivity contribution in [3.63, 3.8) is 0 Å². The van der Waals surface area contributed by atoms with Gasteiger partial charge < -0.3 is 9.84 Å². The lowest BCUT2D eigenvalue weighted by molar-refractivity contribution is 0.291. The van der Waals surface area contributed by atoms with Crippen molar-refractivity contribution in [2.75, 3.05) is 6.54 Å². The highest BCUT2D eigenvalue weighted by Crippen LogP contribution is 2.37. The van der Waals surface area contributed by atoms with E-state index in [4.69, 9.17) is 4.52 Å². The molecule has 1 fully saturated rings. The van der Waals surface area contributed by atoms with E-state index in [1.54, 1.807) is 0 Å². The fourth-order valence-electron chi connectivity index (χ4n) is 2.65. The molecule has 1 aromatic heterocycles. The van der Waals surface area contributed by atoms with Gasteiger partial charge in [0.15, 0.2) is 5.82 Å². The van der Waals surface area contributed by atoms with Gasteiger partial charge in [0.05, 0.1) is 0 Å². The van der Waals surface area contributed by atoms with Crippen molar-refractivity contribution in [2.45, 2.75) is 38.1 Å². The number of rotatable bonds is 5. The average Bonchev–Trinajstić information content (AvgIpc) is 2.78. The molecule has 0 saturated heterocycles. The topological polar surface area (TPSA) is 51.0 Å². The first-order valence-electron chi connectivity index (χ1n) is 6.99. The molecule has 4 nitrogen and oxygen atoms in total. The zero-order chi connectivity index (χ0) is 13.9. The van der Waals surface area contributed by atoms with Crippen molar-refractivity contribution in [1.29, 1.82) is 0 Å². The lowest BCUT2D eigenvalue weighted by Crippen LogP contribution is -2.41. The Labute approximate surface area is 127 Å². The van der Waals surface area contributed by atoms with E-state index in [-0.39, 0.29) is 0 Å². The van der Waals surface area contributed by atoms with Gasteiger partial charge in [0.25, 0.3) is 0 Å². The summed E-state index contributed by atoms with van der Waals surface area (Å²) < 4.78 is 6.12. The first-order valence-corrected chi connectivity index (χ1v) is 7.78. The Balaban J connectivity index is 1.40. The Hall–Kier alpha value is -1.20. The van der Waals surface area contributed by atoms with Crippen LogP contribution in [-0.4, -0.2) is 22.7 Å². The van der Waals surface area contributed by atoms with E-state index < -0.39 is 0 Å². The summed E-state index contributed by atoms with van der Waals surface area (Å²) in [7, 11) is 0. The molecular formula is C15H18BrN3O. The van der Waals surface area contributed by atoms with Gasteiger partial charge in [0, 0.05) is 30.4 Å². The molecule has 1 aliphatic carbocycles. The number of nitrogens with one attached hydrogen (secondary N) is 1. The molecule has 106 valence electrons. The smallest absolute Gasteiger partial charge is 0.223 e. The molecule has 0 bridgehead atoms. The molecule has 0 unspecified atom stereocenters. The molecule has 0 spiro atoms. The molecule has 1 heterocycles. The van der Waals surface area contributed by atoms with Gasteiger partial charge >= 0.3 is 0 Å². The maximum atomic E-state index is 4.96. The quantitative estimate of drug-likeness (QED) is 0.911. The predicted molar refractivity (Wildman–Crippen MR) is 80.6 cm³/mol. The Morgan fingerprint density at radius 3 is 2.95 bits per heavy atom. The van der Waals surface area contributed by atoms with Crippen LogP contribution in [0.2, 0.25) is 0 Å². The maximum Gasteiger partial charge on any atom is 0.223 e. The van der Waals surface area contributed by atoms with E-state index in [0.717, 1.165) is 18.8 Å². The van der Waals surface area contributed by atoms with Crippen molar-refractivity contribution in [3.8, 4) is 0 Å². The van der Waals surface area contributed by atoms with Crippen LogP contribution in [0, 0.1) is 6.92 Å². The third kappa shape index (κ3) is 3.27. The van der Waals surface area contributed by atoms with Gasteiger partial charge in [-0.3, -0.25) is 0 Å². The number of hydrogen-bond donors (Lipinski definition) is 1. The summed E-state index contributed by atoms with van der Waals surface area (Å²) in [6.45, 7) is 2.73. The van der Waals surface area contributed by atoms with Crippen molar-refractivity contribution in [2.24, 2.45) is 0 Å². The zero-order valence-corrected chi connectivity index (χ0v) is 13.1. The van der Waals surface area contributed by atoms with E-state index in [1.807, 2.05) is 6.92 Å². The molecule has 5 heteroatoms.